The van der Waals surface area contributed by atoms with E-state index in [2.05, 4.69) is 0 Å². The minimum Gasteiger partial charge on any atom is -0.399 e. The third kappa shape index (κ3) is 3.35. The summed E-state index contributed by atoms with van der Waals surface area (Å²) in [6.07, 6.45) is 0.909. The van der Waals surface area contributed by atoms with Crippen molar-refractivity contribution in [1.82, 2.24) is 0 Å². The van der Waals surface area contributed by atoms with Gasteiger partial charge in [0.1, 0.15) is 5.82 Å². The van der Waals surface area contributed by atoms with E-state index in [0.29, 0.717) is 24.2 Å². The van der Waals surface area contributed by atoms with Crippen LogP contribution in [0.15, 0.2) is 48.5 Å². The monoisotopic (exact) mass is 272 g/mol. The van der Waals surface area contributed by atoms with Crippen LogP contribution < -0.4 is 10.6 Å². The van der Waals surface area contributed by atoms with Crippen LogP contribution in [0.2, 0.25) is 0 Å². The Balaban J connectivity index is 2.00. The Morgan fingerprint density at radius 3 is 2.65 bits per heavy atom. The first-order chi connectivity index (χ1) is 9.58. The van der Waals surface area contributed by atoms with E-state index in [1.165, 1.54) is 17.0 Å². The summed E-state index contributed by atoms with van der Waals surface area (Å²) in [5.74, 6) is -0.423. The van der Waals surface area contributed by atoms with Crippen molar-refractivity contribution in [2.24, 2.45) is 0 Å². The number of hydrogen-bond donors (Lipinski definition) is 1. The molecule has 0 atom stereocenters. The van der Waals surface area contributed by atoms with E-state index in [9.17, 15) is 9.18 Å². The van der Waals surface area contributed by atoms with Gasteiger partial charge in [0, 0.05) is 24.8 Å². The van der Waals surface area contributed by atoms with Crippen LogP contribution in [0.3, 0.4) is 0 Å². The fourth-order valence-corrected chi connectivity index (χ4v) is 2.00. The highest BCUT2D eigenvalue weighted by Gasteiger charge is 2.12. The highest BCUT2D eigenvalue weighted by Crippen LogP contribution is 2.17. The summed E-state index contributed by atoms with van der Waals surface area (Å²) in [7, 11) is 1.64. The molecule has 0 unspecified atom stereocenters. The molecule has 2 rings (SSSR count). The number of aryl methyl sites for hydroxylation is 1. The Morgan fingerprint density at radius 1 is 1.20 bits per heavy atom. The zero-order valence-electron chi connectivity index (χ0n) is 11.3. The molecule has 0 heterocycles. The van der Waals surface area contributed by atoms with Gasteiger partial charge in [-0.1, -0.05) is 24.3 Å². The number of benzene rings is 2. The average molecular weight is 272 g/mol. The van der Waals surface area contributed by atoms with Crippen LogP contribution in [-0.2, 0) is 11.2 Å². The van der Waals surface area contributed by atoms with Crippen LogP contribution in [0.25, 0.3) is 0 Å². The highest BCUT2D eigenvalue weighted by molar-refractivity contribution is 5.92. The first-order valence-electron chi connectivity index (χ1n) is 6.43. The number of nitrogen functional groups attached to an aromatic ring is 1. The van der Waals surface area contributed by atoms with Crippen molar-refractivity contribution in [3.05, 3.63) is 59.9 Å². The van der Waals surface area contributed by atoms with E-state index in [0.717, 1.165) is 5.56 Å². The molecule has 3 nitrogen and oxygen atoms in total. The van der Waals surface area contributed by atoms with Gasteiger partial charge in [-0.05, 0) is 36.2 Å². The number of nitrogens with two attached hydrogens (primary N) is 1. The summed E-state index contributed by atoms with van der Waals surface area (Å²) in [5, 5.41) is 0. The van der Waals surface area contributed by atoms with Gasteiger partial charge in [0.25, 0.3) is 0 Å². The second-order valence-electron chi connectivity index (χ2n) is 4.63. The quantitative estimate of drug-likeness (QED) is 0.870. The maximum absolute atomic E-state index is 13.1. The summed E-state index contributed by atoms with van der Waals surface area (Å²) in [6.45, 7) is 0. The van der Waals surface area contributed by atoms with Crippen LogP contribution in [0, 0.1) is 5.82 Å². The Bertz CT molecular complexity index is 613. The van der Waals surface area contributed by atoms with Gasteiger partial charge in [-0.15, -0.1) is 0 Å². The van der Waals surface area contributed by atoms with E-state index in [4.69, 9.17) is 5.73 Å². The van der Waals surface area contributed by atoms with Crippen molar-refractivity contribution in [2.45, 2.75) is 12.8 Å². The molecule has 4 heteroatoms. The van der Waals surface area contributed by atoms with Gasteiger partial charge in [-0.2, -0.15) is 0 Å². The number of nitrogens with zero attached hydrogens (tertiary/aromatic N) is 1. The number of anilines is 2. The van der Waals surface area contributed by atoms with E-state index in [1.54, 1.807) is 19.2 Å². The summed E-state index contributed by atoms with van der Waals surface area (Å²) >= 11 is 0. The second kappa shape index (κ2) is 6.19. The van der Waals surface area contributed by atoms with Gasteiger partial charge in [0.15, 0.2) is 0 Å². The predicted octanol–water partition coefficient (Wildman–Crippen LogP) is 3.00. The van der Waals surface area contributed by atoms with Crippen molar-refractivity contribution in [3.8, 4) is 0 Å². The van der Waals surface area contributed by atoms with Gasteiger partial charge in [0.05, 0.1) is 0 Å². The number of amides is 1. The SMILES string of the molecule is CN(C(=O)CCc1ccccc1N)c1cccc(F)c1. The Labute approximate surface area is 117 Å². The molecule has 2 aromatic carbocycles. The number of carbonyl (C=O) groups is 1. The molecule has 0 bridgehead atoms. The van der Waals surface area contributed by atoms with Crippen molar-refractivity contribution in [1.29, 1.82) is 0 Å². The normalized spacial score (nSPS) is 10.3. The maximum atomic E-state index is 13.1. The van der Waals surface area contributed by atoms with Gasteiger partial charge >= 0.3 is 0 Å². The minimum absolute atomic E-state index is 0.0705. The lowest BCUT2D eigenvalue weighted by Gasteiger charge is -2.17. The third-order valence-electron chi connectivity index (χ3n) is 3.23. The second-order valence-corrected chi connectivity index (χ2v) is 4.63. The molecular formula is C16H17FN2O. The number of rotatable bonds is 4. The summed E-state index contributed by atoms with van der Waals surface area (Å²) in [5.41, 5.74) is 8.03. The topological polar surface area (TPSA) is 46.3 Å². The lowest BCUT2D eigenvalue weighted by Crippen LogP contribution is -2.26. The highest BCUT2D eigenvalue weighted by atomic mass is 19.1. The Kier molecular flexibility index (Phi) is 4.35. The predicted molar refractivity (Wildman–Crippen MR) is 79.0 cm³/mol. The zero-order chi connectivity index (χ0) is 14.5. The lowest BCUT2D eigenvalue weighted by atomic mass is 10.1. The molecule has 0 saturated heterocycles. The molecular weight excluding hydrogens is 255 g/mol. The zero-order valence-corrected chi connectivity index (χ0v) is 11.3. The Morgan fingerprint density at radius 2 is 1.95 bits per heavy atom. The van der Waals surface area contributed by atoms with E-state index < -0.39 is 0 Å². The molecule has 2 aromatic rings. The molecule has 0 aliphatic rings. The van der Waals surface area contributed by atoms with Crippen molar-refractivity contribution in [3.63, 3.8) is 0 Å². The smallest absolute Gasteiger partial charge is 0.227 e. The van der Waals surface area contributed by atoms with Crippen molar-refractivity contribution in [2.75, 3.05) is 17.7 Å². The standard InChI is InChI=1S/C16H17FN2O/c1-19(14-7-4-6-13(17)11-14)16(20)10-9-12-5-2-3-8-15(12)18/h2-8,11H,9-10,18H2,1H3. The van der Waals surface area contributed by atoms with Crippen LogP contribution in [-0.4, -0.2) is 13.0 Å². The molecule has 0 aliphatic carbocycles. The molecule has 0 radical (unpaired) electrons. The van der Waals surface area contributed by atoms with Crippen LogP contribution in [0.1, 0.15) is 12.0 Å². The fraction of sp³-hybridized carbons (Fsp3) is 0.188. The number of hydrogen-bond acceptors (Lipinski definition) is 2. The Hall–Kier alpha value is -2.36. The first kappa shape index (κ1) is 14.1. The molecule has 0 fully saturated rings. The van der Waals surface area contributed by atoms with Crippen LogP contribution in [0.5, 0.6) is 0 Å². The van der Waals surface area contributed by atoms with E-state index in [-0.39, 0.29) is 11.7 Å². The molecule has 0 saturated carbocycles. The largest absolute Gasteiger partial charge is 0.399 e. The van der Waals surface area contributed by atoms with Crippen molar-refractivity contribution < 1.29 is 9.18 Å². The lowest BCUT2D eigenvalue weighted by molar-refractivity contribution is -0.118. The molecule has 0 spiro atoms. The number of halogens is 1. The van der Waals surface area contributed by atoms with Crippen molar-refractivity contribution >= 4 is 17.3 Å². The minimum atomic E-state index is -0.352. The van der Waals surface area contributed by atoms with E-state index in [1.807, 2.05) is 24.3 Å². The van der Waals surface area contributed by atoms with E-state index >= 15 is 0 Å². The molecule has 1 amide bonds. The molecule has 0 aromatic heterocycles. The molecule has 104 valence electrons. The summed E-state index contributed by atoms with van der Waals surface area (Å²) in [4.78, 5) is 13.6. The van der Waals surface area contributed by atoms with Gasteiger partial charge < -0.3 is 10.6 Å². The fourth-order valence-electron chi connectivity index (χ4n) is 2.00. The first-order valence-corrected chi connectivity index (χ1v) is 6.43. The molecule has 2 N–H and O–H groups in total. The van der Waals surface area contributed by atoms with Crippen LogP contribution >= 0.6 is 0 Å². The third-order valence-corrected chi connectivity index (χ3v) is 3.23. The van der Waals surface area contributed by atoms with Gasteiger partial charge in [0.2, 0.25) is 5.91 Å². The van der Waals surface area contributed by atoms with Gasteiger partial charge in [-0.3, -0.25) is 4.79 Å². The number of carbonyl (C=O) groups excluding carboxylic acids is 1. The number of para-hydroxylation sites is 1. The maximum Gasteiger partial charge on any atom is 0.227 e. The summed E-state index contributed by atoms with van der Waals surface area (Å²) in [6, 6.07) is 13.5. The molecule has 0 aliphatic heterocycles. The van der Waals surface area contributed by atoms with Crippen LogP contribution in [0.4, 0.5) is 15.8 Å². The molecule has 20 heavy (non-hydrogen) atoms. The average Bonchev–Trinajstić information content (AvgIpc) is 2.45. The summed E-state index contributed by atoms with van der Waals surface area (Å²) < 4.78 is 13.1. The van der Waals surface area contributed by atoms with Gasteiger partial charge in [-0.25, -0.2) is 4.39 Å².